The summed E-state index contributed by atoms with van der Waals surface area (Å²) in [7, 11) is 0. The van der Waals surface area contributed by atoms with E-state index >= 15 is 0 Å². The van der Waals surface area contributed by atoms with Gasteiger partial charge in [-0.25, -0.2) is 0 Å². The van der Waals surface area contributed by atoms with Crippen LogP contribution in [-0.4, -0.2) is 60.4 Å². The first-order chi connectivity index (χ1) is 13.5. The Morgan fingerprint density at radius 1 is 0.929 bits per heavy atom. The number of benzene rings is 2. The van der Waals surface area contributed by atoms with Gasteiger partial charge in [0.15, 0.2) is 0 Å². The smallest absolute Gasteiger partial charge is 0.241 e. The van der Waals surface area contributed by atoms with E-state index in [4.69, 9.17) is 0 Å². The van der Waals surface area contributed by atoms with E-state index in [1.54, 1.807) is 0 Å². The van der Waals surface area contributed by atoms with Crippen molar-refractivity contribution in [3.63, 3.8) is 0 Å². The van der Waals surface area contributed by atoms with E-state index in [9.17, 15) is 9.59 Å². The van der Waals surface area contributed by atoms with Gasteiger partial charge >= 0.3 is 0 Å². The Morgan fingerprint density at radius 3 is 2.18 bits per heavy atom. The van der Waals surface area contributed by atoms with Crippen LogP contribution in [0.2, 0.25) is 0 Å². The molecule has 1 aliphatic rings. The third kappa shape index (κ3) is 5.89. The maximum Gasteiger partial charge on any atom is 0.241 e. The second kappa shape index (κ2) is 9.82. The molecule has 0 aromatic heterocycles. The van der Waals surface area contributed by atoms with Gasteiger partial charge in [0.2, 0.25) is 11.8 Å². The van der Waals surface area contributed by atoms with Crippen molar-refractivity contribution in [3.05, 3.63) is 59.1 Å². The molecule has 7 heteroatoms. The first kappa shape index (κ1) is 20.5. The molecule has 1 atom stereocenters. The molecular formula is C21H25BrN4O2. The van der Waals surface area contributed by atoms with Gasteiger partial charge in [0.05, 0.1) is 12.6 Å². The van der Waals surface area contributed by atoms with Gasteiger partial charge in [-0.3, -0.25) is 19.4 Å². The van der Waals surface area contributed by atoms with Crippen LogP contribution in [0.25, 0.3) is 0 Å². The number of nitrogens with one attached hydrogen (secondary N) is 2. The third-order valence-corrected chi connectivity index (χ3v) is 5.40. The van der Waals surface area contributed by atoms with E-state index in [-0.39, 0.29) is 17.9 Å². The second-order valence-electron chi connectivity index (χ2n) is 6.90. The number of carbonyl (C=O) groups is 2. The second-order valence-corrected chi connectivity index (χ2v) is 7.81. The highest BCUT2D eigenvalue weighted by molar-refractivity contribution is 9.10. The molecule has 1 unspecified atom stereocenters. The van der Waals surface area contributed by atoms with Gasteiger partial charge in [-0.15, -0.1) is 0 Å². The summed E-state index contributed by atoms with van der Waals surface area (Å²) in [5.41, 5.74) is 1.60. The van der Waals surface area contributed by atoms with Crippen LogP contribution in [0.15, 0.2) is 59.1 Å². The van der Waals surface area contributed by atoms with Crippen LogP contribution in [0.1, 0.15) is 6.92 Å². The average molecular weight is 445 g/mol. The minimum Gasteiger partial charge on any atom is -0.325 e. The van der Waals surface area contributed by atoms with Crippen LogP contribution in [0, 0.1) is 0 Å². The highest BCUT2D eigenvalue weighted by Crippen LogP contribution is 2.15. The Morgan fingerprint density at radius 2 is 1.54 bits per heavy atom. The van der Waals surface area contributed by atoms with Gasteiger partial charge in [-0.2, -0.15) is 0 Å². The molecule has 28 heavy (non-hydrogen) atoms. The number of hydrogen-bond donors (Lipinski definition) is 2. The summed E-state index contributed by atoms with van der Waals surface area (Å²) in [6.45, 7) is 5.32. The zero-order valence-corrected chi connectivity index (χ0v) is 17.5. The molecule has 1 saturated heterocycles. The number of amides is 2. The summed E-state index contributed by atoms with van der Waals surface area (Å²) in [4.78, 5) is 29.0. The van der Waals surface area contributed by atoms with E-state index in [1.165, 1.54) is 0 Å². The van der Waals surface area contributed by atoms with Crippen molar-refractivity contribution in [1.82, 2.24) is 9.80 Å². The van der Waals surface area contributed by atoms with E-state index in [2.05, 4.69) is 36.4 Å². The van der Waals surface area contributed by atoms with E-state index < -0.39 is 0 Å². The fourth-order valence-electron chi connectivity index (χ4n) is 3.18. The van der Waals surface area contributed by atoms with E-state index in [0.717, 1.165) is 42.0 Å². The minimum atomic E-state index is -0.219. The van der Waals surface area contributed by atoms with Crippen molar-refractivity contribution < 1.29 is 9.59 Å². The van der Waals surface area contributed by atoms with Crippen LogP contribution in [0.4, 0.5) is 11.4 Å². The monoisotopic (exact) mass is 444 g/mol. The van der Waals surface area contributed by atoms with Crippen molar-refractivity contribution in [2.24, 2.45) is 0 Å². The van der Waals surface area contributed by atoms with Gasteiger partial charge < -0.3 is 10.6 Å². The van der Waals surface area contributed by atoms with Crippen LogP contribution in [-0.2, 0) is 9.59 Å². The van der Waals surface area contributed by atoms with E-state index in [1.807, 2.05) is 61.5 Å². The maximum atomic E-state index is 12.5. The maximum absolute atomic E-state index is 12.5. The number of hydrogen-bond acceptors (Lipinski definition) is 4. The Hall–Kier alpha value is -2.22. The van der Waals surface area contributed by atoms with Gasteiger partial charge in [0.1, 0.15) is 0 Å². The normalized spacial score (nSPS) is 16.4. The van der Waals surface area contributed by atoms with Crippen LogP contribution < -0.4 is 10.6 Å². The average Bonchev–Trinajstić information content (AvgIpc) is 2.70. The molecule has 0 radical (unpaired) electrons. The Kier molecular flexibility index (Phi) is 7.19. The molecule has 6 nitrogen and oxygen atoms in total. The molecule has 1 aliphatic heterocycles. The number of piperazine rings is 1. The van der Waals surface area contributed by atoms with Gasteiger partial charge in [0, 0.05) is 42.0 Å². The predicted octanol–water partition coefficient (Wildman–Crippen LogP) is 3.03. The SMILES string of the molecule is CC(C(=O)Nc1ccc(Br)cc1)N1CCN(CC(=O)Nc2ccccc2)CC1. The molecule has 0 spiro atoms. The first-order valence-electron chi connectivity index (χ1n) is 9.39. The lowest BCUT2D eigenvalue weighted by Gasteiger charge is -2.37. The van der Waals surface area contributed by atoms with Crippen LogP contribution >= 0.6 is 15.9 Å². The zero-order chi connectivity index (χ0) is 19.9. The van der Waals surface area contributed by atoms with Crippen molar-refractivity contribution >= 4 is 39.1 Å². The standard InChI is InChI=1S/C21H25BrN4O2/c1-16(21(28)24-19-9-7-17(22)8-10-19)26-13-11-25(12-14-26)15-20(27)23-18-5-3-2-4-6-18/h2-10,16H,11-15H2,1H3,(H,23,27)(H,24,28). The van der Waals surface area contributed by atoms with Crippen molar-refractivity contribution in [1.29, 1.82) is 0 Å². The van der Waals surface area contributed by atoms with Gasteiger partial charge in [-0.1, -0.05) is 34.1 Å². The highest BCUT2D eigenvalue weighted by atomic mass is 79.9. The molecule has 0 saturated carbocycles. The van der Waals surface area contributed by atoms with Gasteiger partial charge in [-0.05, 0) is 43.3 Å². The highest BCUT2D eigenvalue weighted by Gasteiger charge is 2.26. The summed E-state index contributed by atoms with van der Waals surface area (Å²) in [5, 5.41) is 5.87. The van der Waals surface area contributed by atoms with Crippen molar-refractivity contribution in [2.75, 3.05) is 43.4 Å². The summed E-state index contributed by atoms with van der Waals surface area (Å²) < 4.78 is 0.978. The summed E-state index contributed by atoms with van der Waals surface area (Å²) >= 11 is 3.39. The number of para-hydroxylation sites is 1. The third-order valence-electron chi connectivity index (χ3n) is 4.87. The van der Waals surface area contributed by atoms with Crippen LogP contribution in [0.5, 0.6) is 0 Å². The summed E-state index contributed by atoms with van der Waals surface area (Å²) in [5.74, 6) is -0.0294. The molecule has 2 N–H and O–H groups in total. The molecular weight excluding hydrogens is 420 g/mol. The number of carbonyl (C=O) groups excluding carboxylic acids is 2. The molecule has 148 valence electrons. The zero-order valence-electron chi connectivity index (χ0n) is 15.9. The molecule has 2 amide bonds. The topological polar surface area (TPSA) is 64.7 Å². The van der Waals surface area contributed by atoms with Gasteiger partial charge in [0.25, 0.3) is 0 Å². The number of nitrogens with zero attached hydrogens (tertiary/aromatic N) is 2. The predicted molar refractivity (Wildman–Crippen MR) is 115 cm³/mol. The first-order valence-corrected chi connectivity index (χ1v) is 10.2. The molecule has 2 aromatic rings. The molecule has 0 bridgehead atoms. The fourth-order valence-corrected chi connectivity index (χ4v) is 3.44. The molecule has 1 fully saturated rings. The Bertz CT molecular complexity index is 790. The number of halogens is 1. The number of rotatable bonds is 6. The quantitative estimate of drug-likeness (QED) is 0.718. The van der Waals surface area contributed by atoms with E-state index in [0.29, 0.717) is 6.54 Å². The van der Waals surface area contributed by atoms with Crippen molar-refractivity contribution in [3.8, 4) is 0 Å². The van der Waals surface area contributed by atoms with Crippen LogP contribution in [0.3, 0.4) is 0 Å². The molecule has 3 rings (SSSR count). The summed E-state index contributed by atoms with van der Waals surface area (Å²) in [6, 6.07) is 16.8. The lowest BCUT2D eigenvalue weighted by Crippen LogP contribution is -2.53. The molecule has 1 heterocycles. The lowest BCUT2D eigenvalue weighted by molar-refractivity contribution is -0.122. The Labute approximate surface area is 174 Å². The minimum absolute atomic E-state index is 0.0133. The number of anilines is 2. The van der Waals surface area contributed by atoms with Crippen molar-refractivity contribution in [2.45, 2.75) is 13.0 Å². The lowest BCUT2D eigenvalue weighted by atomic mass is 10.2. The Balaban J connectivity index is 1.43. The molecule has 2 aromatic carbocycles. The fraction of sp³-hybridized carbons (Fsp3) is 0.333. The summed E-state index contributed by atoms with van der Waals surface area (Å²) in [6.07, 6.45) is 0. The largest absolute Gasteiger partial charge is 0.325 e. The molecule has 0 aliphatic carbocycles.